The zero-order chi connectivity index (χ0) is 5.70. The van der Waals surface area contributed by atoms with Gasteiger partial charge in [0.2, 0.25) is 0 Å². The van der Waals surface area contributed by atoms with E-state index in [4.69, 9.17) is 0 Å². The zero-order valence-electron chi connectivity index (χ0n) is 5.11. The number of rotatable bonds is 3. The lowest BCUT2D eigenvalue weighted by molar-refractivity contribution is 0.172. The average Bonchev–Trinajstić information content (AvgIpc) is 1.68. The van der Waals surface area contributed by atoms with Gasteiger partial charge in [-0.25, -0.2) is 5.11 Å². The summed E-state index contributed by atoms with van der Waals surface area (Å²) in [6.07, 6.45) is 1.98. The summed E-state index contributed by atoms with van der Waals surface area (Å²) in [5.41, 5.74) is 0. The third kappa shape index (κ3) is 3.80. The highest BCUT2D eigenvalue weighted by Crippen LogP contribution is 2.03. The molecule has 7 heavy (non-hydrogen) atoms. The van der Waals surface area contributed by atoms with Crippen LogP contribution in [0.1, 0.15) is 26.7 Å². The van der Waals surface area contributed by atoms with Crippen LogP contribution >= 0.6 is 0 Å². The van der Waals surface area contributed by atoms with Crippen LogP contribution in [-0.2, 0) is 5.11 Å². The van der Waals surface area contributed by atoms with Crippen molar-refractivity contribution in [1.29, 1.82) is 0 Å². The third-order valence-corrected chi connectivity index (χ3v) is 1.31. The Morgan fingerprint density at radius 1 is 1.57 bits per heavy atom. The second-order valence-electron chi connectivity index (χ2n) is 2.01. The van der Waals surface area contributed by atoms with Crippen LogP contribution in [0.4, 0.5) is 0 Å². The summed E-state index contributed by atoms with van der Waals surface area (Å²) in [7, 11) is 0. The molecule has 43 valence electrons. The first-order valence-electron chi connectivity index (χ1n) is 2.89. The van der Waals surface area contributed by atoms with E-state index in [9.17, 15) is 5.11 Å². The van der Waals surface area contributed by atoms with Gasteiger partial charge in [0.25, 0.3) is 0 Å². The van der Waals surface area contributed by atoms with Crippen LogP contribution < -0.4 is 0 Å². The molecule has 0 bridgehead atoms. The number of hydrogen-bond acceptors (Lipinski definition) is 0. The molecule has 0 saturated carbocycles. The SMILES string of the molecule is CCC(C)CC[O]. The molecule has 0 aliphatic rings. The molecule has 0 heterocycles. The topological polar surface area (TPSA) is 19.9 Å². The molecule has 1 nitrogen and oxygen atoms in total. The van der Waals surface area contributed by atoms with Crippen molar-refractivity contribution in [3.8, 4) is 0 Å². The lowest BCUT2D eigenvalue weighted by atomic mass is 10.1. The molecular formula is C6H13O. The van der Waals surface area contributed by atoms with Crippen molar-refractivity contribution < 1.29 is 5.11 Å². The first-order chi connectivity index (χ1) is 3.31. The maximum Gasteiger partial charge on any atom is 0.0824 e. The van der Waals surface area contributed by atoms with Crippen molar-refractivity contribution in [2.75, 3.05) is 6.61 Å². The Hall–Kier alpha value is -0.0400. The summed E-state index contributed by atoms with van der Waals surface area (Å²) in [6, 6.07) is 0. The van der Waals surface area contributed by atoms with Gasteiger partial charge in [-0.15, -0.1) is 0 Å². The van der Waals surface area contributed by atoms with Crippen molar-refractivity contribution in [2.45, 2.75) is 26.7 Å². The molecule has 0 aromatic carbocycles. The van der Waals surface area contributed by atoms with Crippen LogP contribution in [0.15, 0.2) is 0 Å². The highest BCUT2D eigenvalue weighted by Gasteiger charge is 1.94. The molecule has 0 N–H and O–H groups in total. The first-order valence-corrected chi connectivity index (χ1v) is 2.89. The molecule has 1 heteroatoms. The lowest BCUT2D eigenvalue weighted by Crippen LogP contribution is -1.93. The van der Waals surface area contributed by atoms with Crippen LogP contribution in [0.2, 0.25) is 0 Å². The largest absolute Gasteiger partial charge is 0.237 e. The Bertz CT molecular complexity index is 35.2. The summed E-state index contributed by atoms with van der Waals surface area (Å²) in [6.45, 7) is 4.31. The van der Waals surface area contributed by atoms with Crippen molar-refractivity contribution in [1.82, 2.24) is 0 Å². The van der Waals surface area contributed by atoms with Crippen LogP contribution in [0.25, 0.3) is 0 Å². The molecule has 0 aliphatic carbocycles. The molecule has 1 atom stereocenters. The molecule has 0 fully saturated rings. The highest BCUT2D eigenvalue weighted by molar-refractivity contribution is 4.45. The first kappa shape index (κ1) is 6.96. The van der Waals surface area contributed by atoms with Crippen LogP contribution in [0.5, 0.6) is 0 Å². The maximum absolute atomic E-state index is 9.90. The van der Waals surface area contributed by atoms with E-state index in [2.05, 4.69) is 13.8 Å². The van der Waals surface area contributed by atoms with Gasteiger partial charge in [0.1, 0.15) is 0 Å². The minimum atomic E-state index is 0.0923. The molecule has 0 aromatic heterocycles. The van der Waals surface area contributed by atoms with Crippen molar-refractivity contribution in [3.63, 3.8) is 0 Å². The Labute approximate surface area is 45.4 Å². The second kappa shape index (κ2) is 4.13. The molecule has 0 spiro atoms. The molecule has 0 amide bonds. The molecule has 0 aromatic rings. The maximum atomic E-state index is 9.90. The van der Waals surface area contributed by atoms with Gasteiger partial charge in [0.15, 0.2) is 0 Å². The fourth-order valence-corrected chi connectivity index (χ4v) is 0.405. The molecular weight excluding hydrogens is 88.1 g/mol. The highest BCUT2D eigenvalue weighted by atomic mass is 16.2. The van der Waals surface area contributed by atoms with E-state index in [0.29, 0.717) is 5.92 Å². The van der Waals surface area contributed by atoms with Gasteiger partial charge in [-0.05, 0) is 12.3 Å². The number of hydrogen-bond donors (Lipinski definition) is 0. The minimum absolute atomic E-state index is 0.0923. The zero-order valence-corrected chi connectivity index (χ0v) is 5.11. The Morgan fingerprint density at radius 2 is 2.14 bits per heavy atom. The molecule has 0 saturated heterocycles. The van der Waals surface area contributed by atoms with E-state index < -0.39 is 0 Å². The van der Waals surface area contributed by atoms with Crippen LogP contribution in [-0.4, -0.2) is 6.61 Å². The van der Waals surface area contributed by atoms with Crippen LogP contribution in [0.3, 0.4) is 0 Å². The summed E-state index contributed by atoms with van der Waals surface area (Å²) in [4.78, 5) is 0. The van der Waals surface area contributed by atoms with E-state index in [1.165, 1.54) is 0 Å². The fourth-order valence-electron chi connectivity index (χ4n) is 0.405. The quantitative estimate of drug-likeness (QED) is 0.517. The van der Waals surface area contributed by atoms with E-state index in [1.807, 2.05) is 0 Å². The smallest absolute Gasteiger partial charge is 0.0824 e. The summed E-state index contributed by atoms with van der Waals surface area (Å²) >= 11 is 0. The second-order valence-corrected chi connectivity index (χ2v) is 2.01. The summed E-state index contributed by atoms with van der Waals surface area (Å²) in [5, 5.41) is 9.90. The van der Waals surface area contributed by atoms with Gasteiger partial charge in [-0.3, -0.25) is 0 Å². The predicted molar refractivity (Wildman–Crippen MR) is 29.6 cm³/mol. The minimum Gasteiger partial charge on any atom is -0.237 e. The molecule has 0 rings (SSSR count). The fraction of sp³-hybridized carbons (Fsp3) is 1.00. The van der Waals surface area contributed by atoms with E-state index in [1.54, 1.807) is 0 Å². The summed E-state index contributed by atoms with van der Waals surface area (Å²) in [5.74, 6) is 0.637. The molecule has 0 aliphatic heterocycles. The normalized spacial score (nSPS) is 14.1. The predicted octanol–water partition coefficient (Wildman–Crippen LogP) is 1.85. The Kier molecular flexibility index (Phi) is 4.10. The van der Waals surface area contributed by atoms with Crippen LogP contribution in [0, 0.1) is 5.92 Å². The van der Waals surface area contributed by atoms with Gasteiger partial charge in [-0.2, -0.15) is 0 Å². The summed E-state index contributed by atoms with van der Waals surface area (Å²) < 4.78 is 0. The standard InChI is InChI=1S/C6H13O/c1-3-6(2)4-5-7/h6H,3-5H2,1-2H3. The lowest BCUT2D eigenvalue weighted by Gasteiger charge is -2.01. The van der Waals surface area contributed by atoms with E-state index >= 15 is 0 Å². The van der Waals surface area contributed by atoms with Crippen molar-refractivity contribution in [2.24, 2.45) is 5.92 Å². The van der Waals surface area contributed by atoms with Crippen molar-refractivity contribution in [3.05, 3.63) is 0 Å². The van der Waals surface area contributed by atoms with Crippen molar-refractivity contribution >= 4 is 0 Å². The average molecular weight is 101 g/mol. The van der Waals surface area contributed by atoms with Gasteiger partial charge in [-0.1, -0.05) is 20.3 Å². The van der Waals surface area contributed by atoms with Gasteiger partial charge in [0.05, 0.1) is 6.61 Å². The monoisotopic (exact) mass is 101 g/mol. The van der Waals surface area contributed by atoms with Gasteiger partial charge >= 0.3 is 0 Å². The third-order valence-electron chi connectivity index (χ3n) is 1.31. The van der Waals surface area contributed by atoms with E-state index in [0.717, 1.165) is 12.8 Å². The molecule has 1 unspecified atom stereocenters. The van der Waals surface area contributed by atoms with E-state index in [-0.39, 0.29) is 6.61 Å². The Morgan fingerprint density at radius 3 is 2.29 bits per heavy atom. The Balaban J connectivity index is 2.83. The van der Waals surface area contributed by atoms with Gasteiger partial charge < -0.3 is 0 Å². The molecule has 1 radical (unpaired) electrons. The van der Waals surface area contributed by atoms with Gasteiger partial charge in [0, 0.05) is 0 Å².